The summed E-state index contributed by atoms with van der Waals surface area (Å²) in [4.78, 5) is 22.9. The molecule has 0 saturated heterocycles. The molecule has 0 aliphatic heterocycles. The van der Waals surface area contributed by atoms with Crippen molar-refractivity contribution in [3.05, 3.63) is 38.3 Å². The number of pyridine rings is 1. The van der Waals surface area contributed by atoms with Crippen molar-refractivity contribution < 1.29 is 4.92 Å². The monoisotopic (exact) mass is 235 g/mol. The summed E-state index contributed by atoms with van der Waals surface area (Å²) in [5, 5.41) is 18.2. The van der Waals surface area contributed by atoms with Crippen LogP contribution in [-0.4, -0.2) is 9.91 Å². The number of H-pyrrole nitrogens is 1. The molecule has 1 N–H and O–H groups in total. The van der Waals surface area contributed by atoms with Crippen molar-refractivity contribution in [1.82, 2.24) is 4.98 Å². The third kappa shape index (κ3) is 4.07. The molecule has 6 nitrogen and oxygen atoms in total. The van der Waals surface area contributed by atoms with Gasteiger partial charge in [0.15, 0.2) is 0 Å². The van der Waals surface area contributed by atoms with Gasteiger partial charge in [0.05, 0.1) is 17.2 Å². The average molecular weight is 235 g/mol. The van der Waals surface area contributed by atoms with Crippen LogP contribution in [0.3, 0.4) is 0 Å². The largest absolute Gasteiger partial charge is 0.362 e. The van der Waals surface area contributed by atoms with Crippen LogP contribution in [0.25, 0.3) is 0 Å². The van der Waals surface area contributed by atoms with Crippen LogP contribution >= 0.6 is 0 Å². The molecule has 0 bridgehead atoms. The first-order chi connectivity index (χ1) is 8.06. The highest BCUT2D eigenvalue weighted by Gasteiger charge is 2.19. The molecule has 1 fully saturated rings. The average Bonchev–Trinajstić information content (AvgIpc) is 3.07. The third-order valence-electron chi connectivity index (χ3n) is 2.38. The van der Waals surface area contributed by atoms with Crippen molar-refractivity contribution in [2.24, 2.45) is 5.92 Å². The van der Waals surface area contributed by atoms with Gasteiger partial charge in [0.1, 0.15) is 0 Å². The van der Waals surface area contributed by atoms with Gasteiger partial charge in [-0.3, -0.25) is 14.9 Å². The zero-order valence-electron chi connectivity index (χ0n) is 9.47. The predicted octanol–water partition coefficient (Wildman–Crippen LogP) is 1.90. The van der Waals surface area contributed by atoms with E-state index in [1.54, 1.807) is 0 Å². The highest BCUT2D eigenvalue weighted by molar-refractivity contribution is 5.29. The molecular formula is C11H13N3O3. The molecule has 0 aromatic carbocycles. The van der Waals surface area contributed by atoms with Crippen LogP contribution in [-0.2, 0) is 0 Å². The Bertz CT molecular complexity index is 497. The van der Waals surface area contributed by atoms with Crippen LogP contribution in [0.15, 0.2) is 17.2 Å². The highest BCUT2D eigenvalue weighted by Crippen LogP contribution is 2.31. The lowest BCUT2D eigenvalue weighted by Gasteiger charge is -1.90. The van der Waals surface area contributed by atoms with E-state index in [4.69, 9.17) is 5.26 Å². The van der Waals surface area contributed by atoms with Crippen molar-refractivity contribution >= 4 is 5.69 Å². The maximum absolute atomic E-state index is 10.9. The standard InChI is InChI=1S/C6H6N2O3.C5H7N/c1-4-2-7-3-5(6(4)9)8(10)11;6-4-3-5-1-2-5/h2-3H,1H3,(H,7,9);5H,1-3H2. The number of aromatic amines is 1. The Morgan fingerprint density at radius 3 is 2.59 bits per heavy atom. The lowest BCUT2D eigenvalue weighted by molar-refractivity contribution is -0.386. The van der Waals surface area contributed by atoms with Gasteiger partial charge in [0.25, 0.3) is 5.43 Å². The fourth-order valence-corrected chi connectivity index (χ4v) is 1.17. The Balaban J connectivity index is 0.000000202. The molecule has 1 aliphatic carbocycles. The number of aryl methyl sites for hydroxylation is 1. The van der Waals surface area contributed by atoms with E-state index in [1.165, 1.54) is 26.0 Å². The Labute approximate surface area is 98.0 Å². The molecule has 0 unspecified atom stereocenters. The van der Waals surface area contributed by atoms with Gasteiger partial charge in [0.2, 0.25) is 0 Å². The molecule has 6 heteroatoms. The smallest absolute Gasteiger partial charge is 0.332 e. The molecular weight excluding hydrogens is 222 g/mol. The number of nitrogens with zero attached hydrogens (tertiary/aromatic N) is 2. The first kappa shape index (κ1) is 12.9. The summed E-state index contributed by atoms with van der Waals surface area (Å²) in [5.74, 6) is 0.787. The number of rotatable bonds is 2. The first-order valence-corrected chi connectivity index (χ1v) is 5.25. The van der Waals surface area contributed by atoms with E-state index in [-0.39, 0.29) is 0 Å². The Morgan fingerprint density at radius 2 is 2.24 bits per heavy atom. The van der Waals surface area contributed by atoms with Crippen LogP contribution in [0.5, 0.6) is 0 Å². The number of hydrogen-bond donors (Lipinski definition) is 1. The van der Waals surface area contributed by atoms with Gasteiger partial charge in [0, 0.05) is 18.2 Å². The van der Waals surface area contributed by atoms with Crippen molar-refractivity contribution in [2.75, 3.05) is 0 Å². The van der Waals surface area contributed by atoms with Crippen molar-refractivity contribution in [3.8, 4) is 6.07 Å². The molecule has 0 atom stereocenters. The molecule has 0 radical (unpaired) electrons. The zero-order valence-corrected chi connectivity index (χ0v) is 9.47. The number of nitro groups is 1. The van der Waals surface area contributed by atoms with Gasteiger partial charge in [-0.05, 0) is 25.7 Å². The van der Waals surface area contributed by atoms with Crippen molar-refractivity contribution in [2.45, 2.75) is 26.2 Å². The van der Waals surface area contributed by atoms with Gasteiger partial charge in [-0.15, -0.1) is 0 Å². The summed E-state index contributed by atoms with van der Waals surface area (Å²) in [6.45, 7) is 1.52. The predicted molar refractivity (Wildman–Crippen MR) is 61.4 cm³/mol. The van der Waals surface area contributed by atoms with Crippen LogP contribution in [0.2, 0.25) is 0 Å². The molecule has 1 aromatic heterocycles. The Kier molecular flexibility index (Phi) is 4.40. The molecule has 1 saturated carbocycles. The molecule has 17 heavy (non-hydrogen) atoms. The van der Waals surface area contributed by atoms with E-state index >= 15 is 0 Å². The Morgan fingerprint density at radius 1 is 1.59 bits per heavy atom. The summed E-state index contributed by atoms with van der Waals surface area (Å²) in [6.07, 6.45) is 5.89. The number of nitrogens with one attached hydrogen (secondary N) is 1. The van der Waals surface area contributed by atoms with Gasteiger partial charge >= 0.3 is 5.69 Å². The quantitative estimate of drug-likeness (QED) is 0.624. The second-order valence-corrected chi connectivity index (χ2v) is 3.92. The van der Waals surface area contributed by atoms with Gasteiger partial charge in [-0.25, -0.2) is 0 Å². The zero-order chi connectivity index (χ0) is 12.8. The SMILES string of the molecule is Cc1c[nH]cc([N+](=O)[O-])c1=O.N#CCC1CC1. The summed E-state index contributed by atoms with van der Waals surface area (Å²) in [7, 11) is 0. The molecule has 2 rings (SSSR count). The number of aromatic nitrogens is 1. The minimum Gasteiger partial charge on any atom is -0.362 e. The van der Waals surface area contributed by atoms with Gasteiger partial charge in [-0.2, -0.15) is 5.26 Å². The van der Waals surface area contributed by atoms with Crippen molar-refractivity contribution in [3.63, 3.8) is 0 Å². The molecule has 90 valence electrons. The molecule has 1 aliphatic rings. The second kappa shape index (κ2) is 5.80. The first-order valence-electron chi connectivity index (χ1n) is 5.25. The van der Waals surface area contributed by atoms with E-state index in [9.17, 15) is 14.9 Å². The highest BCUT2D eigenvalue weighted by atomic mass is 16.6. The number of hydrogen-bond acceptors (Lipinski definition) is 4. The lowest BCUT2D eigenvalue weighted by Crippen LogP contribution is -2.10. The normalized spacial score (nSPS) is 13.2. The molecule has 0 amide bonds. The number of nitriles is 1. The maximum Gasteiger partial charge on any atom is 0.332 e. The van der Waals surface area contributed by atoms with E-state index in [0.717, 1.165) is 18.5 Å². The van der Waals surface area contributed by atoms with Crippen LogP contribution in [0.4, 0.5) is 5.69 Å². The minimum atomic E-state index is -0.703. The molecule has 1 heterocycles. The maximum atomic E-state index is 10.9. The van der Waals surface area contributed by atoms with E-state index in [2.05, 4.69) is 11.1 Å². The van der Waals surface area contributed by atoms with E-state index in [0.29, 0.717) is 5.56 Å². The van der Waals surface area contributed by atoms with Gasteiger partial charge < -0.3 is 4.98 Å². The summed E-state index contributed by atoms with van der Waals surface area (Å²) >= 11 is 0. The summed E-state index contributed by atoms with van der Waals surface area (Å²) in [6, 6.07) is 2.13. The summed E-state index contributed by atoms with van der Waals surface area (Å²) in [5.41, 5.74) is -0.599. The van der Waals surface area contributed by atoms with Crippen molar-refractivity contribution in [1.29, 1.82) is 5.26 Å². The Hall–Kier alpha value is -2.16. The second-order valence-electron chi connectivity index (χ2n) is 3.92. The molecule has 0 spiro atoms. The van der Waals surface area contributed by atoms with Crippen LogP contribution in [0.1, 0.15) is 24.8 Å². The van der Waals surface area contributed by atoms with Crippen LogP contribution in [0, 0.1) is 34.3 Å². The minimum absolute atomic E-state index is 0.346. The topological polar surface area (TPSA) is 99.8 Å². The fourth-order valence-electron chi connectivity index (χ4n) is 1.17. The fraction of sp³-hybridized carbons (Fsp3) is 0.455. The molecule has 1 aromatic rings. The third-order valence-corrected chi connectivity index (χ3v) is 2.38. The lowest BCUT2D eigenvalue weighted by atomic mass is 10.3. The van der Waals surface area contributed by atoms with Gasteiger partial charge in [-0.1, -0.05) is 0 Å². The van der Waals surface area contributed by atoms with Crippen LogP contribution < -0.4 is 5.43 Å². The van der Waals surface area contributed by atoms with E-state index in [1.807, 2.05) is 0 Å². The summed E-state index contributed by atoms with van der Waals surface area (Å²) < 4.78 is 0. The van der Waals surface area contributed by atoms with E-state index < -0.39 is 16.0 Å².